The molecule has 0 spiro atoms. The van der Waals surface area contributed by atoms with Crippen molar-refractivity contribution in [3.63, 3.8) is 0 Å². The van der Waals surface area contributed by atoms with Crippen LogP contribution in [0.1, 0.15) is 5.76 Å². The average molecular weight is 306 g/mol. The molecular weight excluding hydrogens is 292 g/mol. The molecule has 0 N–H and O–H groups in total. The lowest BCUT2D eigenvalue weighted by molar-refractivity contribution is -0.0440. The van der Waals surface area contributed by atoms with Crippen LogP contribution in [0.4, 0.5) is 10.7 Å². The first kappa shape index (κ1) is 14.4. The fourth-order valence-corrected chi connectivity index (χ4v) is 2.22. The Morgan fingerprint density at radius 1 is 1.36 bits per heavy atom. The molecule has 116 valence electrons. The topological polar surface area (TPSA) is 116 Å². The molecule has 3 heterocycles. The van der Waals surface area contributed by atoms with Gasteiger partial charge in [-0.1, -0.05) is 0 Å². The van der Waals surface area contributed by atoms with Crippen LogP contribution in [0.2, 0.25) is 0 Å². The Labute approximate surface area is 125 Å². The number of furan rings is 1. The average Bonchev–Trinajstić information content (AvgIpc) is 3.13. The van der Waals surface area contributed by atoms with Crippen LogP contribution < -0.4 is 0 Å². The van der Waals surface area contributed by atoms with Crippen LogP contribution in [0.25, 0.3) is 10.4 Å². The minimum absolute atomic E-state index is 0.138. The molecule has 3 rings (SSSR count). The maximum absolute atomic E-state index is 11.8. The molecule has 22 heavy (non-hydrogen) atoms. The summed E-state index contributed by atoms with van der Waals surface area (Å²) in [5.74, 6) is 0.518. The summed E-state index contributed by atoms with van der Waals surface area (Å²) in [4.78, 5) is 16.5. The van der Waals surface area contributed by atoms with E-state index in [4.69, 9.17) is 19.4 Å². The lowest BCUT2D eigenvalue weighted by Crippen LogP contribution is -2.45. The van der Waals surface area contributed by atoms with Crippen LogP contribution in [0, 0.1) is 0 Å². The van der Waals surface area contributed by atoms with Crippen LogP contribution in [-0.2, 0) is 9.47 Å². The van der Waals surface area contributed by atoms with E-state index >= 15 is 0 Å². The first-order valence-corrected chi connectivity index (χ1v) is 6.75. The molecule has 0 aromatic carbocycles. The van der Waals surface area contributed by atoms with E-state index < -0.39 is 6.09 Å². The van der Waals surface area contributed by atoms with Gasteiger partial charge in [-0.05, 0) is 22.8 Å². The van der Waals surface area contributed by atoms with E-state index in [-0.39, 0.29) is 12.1 Å². The van der Waals surface area contributed by atoms with Gasteiger partial charge in [0.1, 0.15) is 5.76 Å². The van der Waals surface area contributed by atoms with Gasteiger partial charge in [-0.25, -0.2) is 4.79 Å². The van der Waals surface area contributed by atoms with Crippen molar-refractivity contribution in [1.29, 1.82) is 0 Å². The van der Waals surface area contributed by atoms with Crippen molar-refractivity contribution in [2.45, 2.75) is 6.23 Å². The van der Waals surface area contributed by atoms with Crippen molar-refractivity contribution in [1.82, 2.24) is 9.91 Å². The fraction of sp³-hybridized carbons (Fsp3) is 0.500. The number of morpholine rings is 1. The zero-order valence-electron chi connectivity index (χ0n) is 11.7. The van der Waals surface area contributed by atoms with Crippen molar-refractivity contribution < 1.29 is 18.7 Å². The number of azide groups is 1. The van der Waals surface area contributed by atoms with Crippen LogP contribution in [0.3, 0.4) is 0 Å². The second-order valence-corrected chi connectivity index (χ2v) is 4.68. The Balaban J connectivity index is 1.60. The van der Waals surface area contributed by atoms with Crippen LogP contribution in [-0.4, -0.2) is 61.3 Å². The summed E-state index contributed by atoms with van der Waals surface area (Å²) >= 11 is 0. The van der Waals surface area contributed by atoms with Crippen molar-refractivity contribution in [2.24, 2.45) is 10.2 Å². The van der Waals surface area contributed by atoms with E-state index in [9.17, 15) is 4.79 Å². The predicted octanol–water partition coefficient (Wildman–Crippen LogP) is 1.67. The first-order chi connectivity index (χ1) is 10.8. The second kappa shape index (κ2) is 6.48. The third-order valence-corrected chi connectivity index (χ3v) is 3.31. The highest BCUT2D eigenvalue weighted by molar-refractivity contribution is 5.78. The largest absolute Gasteiger partial charge is 0.453 e. The van der Waals surface area contributed by atoms with Crippen LogP contribution in [0.15, 0.2) is 26.8 Å². The van der Waals surface area contributed by atoms with E-state index in [1.165, 1.54) is 17.3 Å². The Morgan fingerprint density at radius 2 is 2.18 bits per heavy atom. The monoisotopic (exact) mass is 306 g/mol. The molecule has 1 unspecified atom stereocenters. The van der Waals surface area contributed by atoms with Gasteiger partial charge in [-0.2, -0.15) is 10.1 Å². The number of amides is 1. The minimum atomic E-state index is -0.505. The maximum Gasteiger partial charge on any atom is 0.432 e. The van der Waals surface area contributed by atoms with Crippen molar-refractivity contribution >= 4 is 18.2 Å². The number of cyclic esters (lactones) is 1. The molecule has 1 aromatic rings. The number of rotatable bonds is 4. The lowest BCUT2D eigenvalue weighted by atomic mass is 10.4. The predicted molar refractivity (Wildman–Crippen MR) is 74.5 cm³/mol. The summed E-state index contributed by atoms with van der Waals surface area (Å²) in [7, 11) is 0. The molecule has 0 saturated carbocycles. The number of nitrogens with zero attached hydrogens (tertiary/aromatic N) is 6. The lowest BCUT2D eigenvalue weighted by Gasteiger charge is -2.29. The SMILES string of the molecule is [N-]=[N+]=Nc1ccc(/C=N/N2CC(N3CCOCC3)OC2=O)o1. The van der Waals surface area contributed by atoms with E-state index in [0.717, 1.165) is 13.1 Å². The van der Waals surface area contributed by atoms with E-state index in [1.54, 1.807) is 6.07 Å². The summed E-state index contributed by atoms with van der Waals surface area (Å²) in [5.41, 5.74) is 8.30. The minimum Gasteiger partial charge on any atom is -0.453 e. The third-order valence-electron chi connectivity index (χ3n) is 3.31. The number of ether oxygens (including phenoxy) is 2. The van der Waals surface area contributed by atoms with E-state index in [2.05, 4.69) is 15.1 Å². The molecule has 2 aliphatic rings. The van der Waals surface area contributed by atoms with Gasteiger partial charge in [0.2, 0.25) is 0 Å². The van der Waals surface area contributed by atoms with Gasteiger partial charge in [-0.3, -0.25) is 4.90 Å². The molecule has 1 atom stereocenters. The number of carbonyl (C=O) groups is 1. The zero-order chi connectivity index (χ0) is 15.4. The molecule has 0 bridgehead atoms. The molecule has 2 saturated heterocycles. The molecule has 0 radical (unpaired) electrons. The van der Waals surface area contributed by atoms with Gasteiger partial charge in [0.05, 0.1) is 26.0 Å². The molecule has 2 fully saturated rings. The summed E-state index contributed by atoms with van der Waals surface area (Å²) in [6.07, 6.45) is 0.553. The Hall–Kier alpha value is -2.55. The number of carbonyl (C=O) groups excluding carboxylic acids is 1. The highest BCUT2D eigenvalue weighted by atomic mass is 16.6. The van der Waals surface area contributed by atoms with Crippen molar-refractivity contribution in [3.05, 3.63) is 28.3 Å². The second-order valence-electron chi connectivity index (χ2n) is 4.68. The molecule has 1 aromatic heterocycles. The first-order valence-electron chi connectivity index (χ1n) is 6.75. The van der Waals surface area contributed by atoms with Gasteiger partial charge >= 0.3 is 6.09 Å². The summed E-state index contributed by atoms with van der Waals surface area (Å²) < 4.78 is 15.7. The van der Waals surface area contributed by atoms with Crippen molar-refractivity contribution in [3.8, 4) is 0 Å². The van der Waals surface area contributed by atoms with Gasteiger partial charge in [0.15, 0.2) is 12.1 Å². The van der Waals surface area contributed by atoms with Gasteiger partial charge in [0.25, 0.3) is 0 Å². The molecule has 1 amide bonds. The van der Waals surface area contributed by atoms with E-state index in [0.29, 0.717) is 25.5 Å². The van der Waals surface area contributed by atoms with Crippen molar-refractivity contribution in [2.75, 3.05) is 32.8 Å². The molecule has 0 aliphatic carbocycles. The normalized spacial score (nSPS) is 22.8. The highest BCUT2D eigenvalue weighted by Crippen LogP contribution is 2.18. The molecule has 2 aliphatic heterocycles. The summed E-state index contributed by atoms with van der Waals surface area (Å²) in [6, 6.07) is 3.11. The Morgan fingerprint density at radius 3 is 2.95 bits per heavy atom. The summed E-state index contributed by atoms with van der Waals surface area (Å²) in [5, 5.41) is 8.60. The van der Waals surface area contributed by atoms with Gasteiger partial charge in [0, 0.05) is 18.0 Å². The molecule has 10 nitrogen and oxygen atoms in total. The molecule has 10 heteroatoms. The van der Waals surface area contributed by atoms with Gasteiger partial charge < -0.3 is 13.9 Å². The smallest absolute Gasteiger partial charge is 0.432 e. The zero-order valence-corrected chi connectivity index (χ0v) is 11.7. The van der Waals surface area contributed by atoms with Crippen LogP contribution in [0.5, 0.6) is 0 Å². The quantitative estimate of drug-likeness (QED) is 0.363. The van der Waals surface area contributed by atoms with Crippen LogP contribution >= 0.6 is 0 Å². The molecular formula is C12H14N6O4. The van der Waals surface area contributed by atoms with Gasteiger partial charge in [-0.15, -0.1) is 0 Å². The Kier molecular flexibility index (Phi) is 4.24. The highest BCUT2D eigenvalue weighted by Gasteiger charge is 2.35. The van der Waals surface area contributed by atoms with E-state index in [1.807, 2.05) is 4.90 Å². The number of hydrazone groups is 1. The summed E-state index contributed by atoms with van der Waals surface area (Å²) in [6.45, 7) is 3.06. The standard InChI is InChI=1S/C12H14N6O4/c13-16-15-10-2-1-9(21-10)7-14-18-8-11(22-12(18)19)17-3-5-20-6-4-17/h1-2,7,11H,3-6,8H2/b14-7+. The maximum atomic E-state index is 11.8. The number of hydrogen-bond donors (Lipinski definition) is 0. The fourth-order valence-electron chi connectivity index (χ4n) is 2.22. The Bertz CT molecular complexity index is 617. The number of hydrogen-bond acceptors (Lipinski definition) is 7. The third kappa shape index (κ3) is 3.19.